The van der Waals surface area contributed by atoms with E-state index in [-0.39, 0.29) is 0 Å². The van der Waals surface area contributed by atoms with Crippen LogP contribution < -0.4 is 14.8 Å². The van der Waals surface area contributed by atoms with Crippen LogP contribution >= 0.6 is 0 Å². The molecule has 0 fully saturated rings. The molecular weight excluding hydrogens is 280 g/mol. The van der Waals surface area contributed by atoms with Crippen LogP contribution in [-0.2, 0) is 6.42 Å². The third-order valence-corrected chi connectivity index (χ3v) is 3.19. The first kappa shape index (κ1) is 15.6. The molecule has 0 aliphatic heterocycles. The molecule has 1 heterocycles. The van der Waals surface area contributed by atoms with E-state index in [1.165, 1.54) is 11.8 Å². The number of hydrogen-bond donors (Lipinski definition) is 1. The van der Waals surface area contributed by atoms with Gasteiger partial charge in [0, 0.05) is 18.9 Å². The Labute approximate surface area is 129 Å². The molecule has 1 aromatic heterocycles. The molecule has 0 saturated heterocycles. The summed E-state index contributed by atoms with van der Waals surface area (Å²) >= 11 is 0. The maximum atomic E-state index is 8.94. The van der Waals surface area contributed by atoms with Crippen LogP contribution in [0, 0.1) is 11.3 Å². The van der Waals surface area contributed by atoms with Crippen LogP contribution in [0.5, 0.6) is 11.5 Å². The molecule has 22 heavy (non-hydrogen) atoms. The number of hydrogen-bond acceptors (Lipinski definition) is 6. The third kappa shape index (κ3) is 3.85. The van der Waals surface area contributed by atoms with Crippen molar-refractivity contribution in [3.8, 4) is 17.6 Å². The number of aromatic nitrogens is 2. The van der Waals surface area contributed by atoms with Crippen molar-refractivity contribution in [3.05, 3.63) is 41.9 Å². The fourth-order valence-corrected chi connectivity index (χ4v) is 2.08. The van der Waals surface area contributed by atoms with Gasteiger partial charge in [-0.1, -0.05) is 6.07 Å². The van der Waals surface area contributed by atoms with E-state index in [1.54, 1.807) is 20.4 Å². The van der Waals surface area contributed by atoms with E-state index in [0.717, 1.165) is 24.3 Å². The summed E-state index contributed by atoms with van der Waals surface area (Å²) < 4.78 is 10.5. The highest BCUT2D eigenvalue weighted by atomic mass is 16.5. The van der Waals surface area contributed by atoms with Gasteiger partial charge in [-0.05, 0) is 30.5 Å². The summed E-state index contributed by atoms with van der Waals surface area (Å²) in [5.41, 5.74) is 1.48. The van der Waals surface area contributed by atoms with Gasteiger partial charge in [-0.3, -0.25) is 0 Å². The van der Waals surface area contributed by atoms with Gasteiger partial charge in [0.25, 0.3) is 0 Å². The zero-order valence-corrected chi connectivity index (χ0v) is 12.7. The third-order valence-electron chi connectivity index (χ3n) is 3.19. The van der Waals surface area contributed by atoms with Gasteiger partial charge in [0.2, 0.25) is 0 Å². The molecule has 0 amide bonds. The molecule has 2 rings (SSSR count). The minimum atomic E-state index is 0.314. The highest BCUT2D eigenvalue weighted by molar-refractivity contribution is 5.46. The SMILES string of the molecule is COc1ccc(CCCNc2nccnc2C#N)cc1OC. The monoisotopic (exact) mass is 298 g/mol. The molecule has 0 unspecified atom stereocenters. The van der Waals surface area contributed by atoms with Crippen LogP contribution in [0.25, 0.3) is 0 Å². The van der Waals surface area contributed by atoms with E-state index in [2.05, 4.69) is 15.3 Å². The van der Waals surface area contributed by atoms with E-state index in [4.69, 9.17) is 14.7 Å². The average Bonchev–Trinajstić information content (AvgIpc) is 2.58. The molecule has 0 bridgehead atoms. The molecule has 0 aliphatic carbocycles. The van der Waals surface area contributed by atoms with E-state index in [0.29, 0.717) is 18.1 Å². The largest absolute Gasteiger partial charge is 0.493 e. The van der Waals surface area contributed by atoms with E-state index in [1.807, 2.05) is 24.3 Å². The number of nitrogens with one attached hydrogen (secondary N) is 1. The number of methoxy groups -OCH3 is 2. The van der Waals surface area contributed by atoms with Crippen LogP contribution in [-0.4, -0.2) is 30.7 Å². The zero-order valence-electron chi connectivity index (χ0n) is 12.7. The first-order valence-electron chi connectivity index (χ1n) is 6.94. The number of nitrogens with zero attached hydrogens (tertiary/aromatic N) is 3. The summed E-state index contributed by atoms with van der Waals surface area (Å²) in [6.07, 6.45) is 4.86. The van der Waals surface area contributed by atoms with E-state index < -0.39 is 0 Å². The van der Waals surface area contributed by atoms with Gasteiger partial charge < -0.3 is 14.8 Å². The van der Waals surface area contributed by atoms with E-state index >= 15 is 0 Å². The average molecular weight is 298 g/mol. The molecular formula is C16H18N4O2. The van der Waals surface area contributed by atoms with Gasteiger partial charge in [0.1, 0.15) is 6.07 Å². The Morgan fingerprint density at radius 2 is 1.91 bits per heavy atom. The van der Waals surface area contributed by atoms with Crippen molar-refractivity contribution in [1.82, 2.24) is 9.97 Å². The molecule has 0 saturated carbocycles. The fraction of sp³-hybridized carbons (Fsp3) is 0.312. The van der Waals surface area contributed by atoms with Crippen LogP contribution in [0.4, 0.5) is 5.82 Å². The van der Waals surface area contributed by atoms with Crippen LogP contribution in [0.2, 0.25) is 0 Å². The molecule has 1 N–H and O–H groups in total. The Bertz CT molecular complexity index is 667. The molecule has 6 nitrogen and oxygen atoms in total. The molecule has 0 spiro atoms. The summed E-state index contributed by atoms with van der Waals surface area (Å²) in [6, 6.07) is 7.91. The molecule has 0 aliphatic rings. The lowest BCUT2D eigenvalue weighted by atomic mass is 10.1. The molecule has 114 valence electrons. The first-order chi connectivity index (χ1) is 10.8. The first-order valence-corrected chi connectivity index (χ1v) is 6.94. The lowest BCUT2D eigenvalue weighted by Gasteiger charge is -2.10. The Kier molecular flexibility index (Phi) is 5.55. The van der Waals surface area contributed by atoms with Crippen LogP contribution in [0.1, 0.15) is 17.7 Å². The number of nitriles is 1. The van der Waals surface area contributed by atoms with Gasteiger partial charge in [-0.15, -0.1) is 0 Å². The Balaban J connectivity index is 1.88. The van der Waals surface area contributed by atoms with Crippen LogP contribution in [0.3, 0.4) is 0 Å². The predicted octanol–water partition coefficient (Wildman–Crippen LogP) is 2.41. The van der Waals surface area contributed by atoms with Crippen molar-refractivity contribution >= 4 is 5.82 Å². The standard InChI is InChI=1S/C16H18N4O2/c1-21-14-6-5-12(10-15(14)22-2)4-3-7-19-16-13(11-17)18-8-9-20-16/h5-6,8-10H,3-4,7H2,1-2H3,(H,19,20). The number of rotatable bonds is 7. The number of anilines is 1. The lowest BCUT2D eigenvalue weighted by Crippen LogP contribution is -2.07. The van der Waals surface area contributed by atoms with Gasteiger partial charge in [0.05, 0.1) is 14.2 Å². The highest BCUT2D eigenvalue weighted by Crippen LogP contribution is 2.27. The summed E-state index contributed by atoms with van der Waals surface area (Å²) in [6.45, 7) is 0.710. The Morgan fingerprint density at radius 3 is 2.64 bits per heavy atom. The van der Waals surface area contributed by atoms with Gasteiger partial charge in [-0.2, -0.15) is 5.26 Å². The predicted molar refractivity (Wildman–Crippen MR) is 83.1 cm³/mol. The van der Waals surface area contributed by atoms with Crippen molar-refractivity contribution in [2.75, 3.05) is 26.1 Å². The second kappa shape index (κ2) is 7.84. The maximum Gasteiger partial charge on any atom is 0.182 e. The highest BCUT2D eigenvalue weighted by Gasteiger charge is 2.05. The topological polar surface area (TPSA) is 80.1 Å². The van der Waals surface area contributed by atoms with Crippen molar-refractivity contribution in [2.24, 2.45) is 0 Å². The van der Waals surface area contributed by atoms with Gasteiger partial charge in [-0.25, -0.2) is 9.97 Å². The van der Waals surface area contributed by atoms with Gasteiger partial charge >= 0.3 is 0 Å². The molecule has 6 heteroatoms. The minimum absolute atomic E-state index is 0.314. The smallest absolute Gasteiger partial charge is 0.182 e. The molecule has 0 atom stereocenters. The number of ether oxygens (including phenoxy) is 2. The molecule has 2 aromatic rings. The number of benzene rings is 1. The van der Waals surface area contributed by atoms with Crippen molar-refractivity contribution < 1.29 is 9.47 Å². The summed E-state index contributed by atoms with van der Waals surface area (Å²) in [4.78, 5) is 8.07. The fourth-order valence-electron chi connectivity index (χ4n) is 2.08. The normalized spacial score (nSPS) is 9.86. The van der Waals surface area contributed by atoms with E-state index in [9.17, 15) is 0 Å². The summed E-state index contributed by atoms with van der Waals surface area (Å²) in [5, 5.41) is 12.1. The second-order valence-corrected chi connectivity index (χ2v) is 4.59. The molecule has 1 aromatic carbocycles. The maximum absolute atomic E-state index is 8.94. The second-order valence-electron chi connectivity index (χ2n) is 4.59. The summed E-state index contributed by atoms with van der Waals surface area (Å²) in [7, 11) is 3.25. The lowest BCUT2D eigenvalue weighted by molar-refractivity contribution is 0.354. The Morgan fingerprint density at radius 1 is 1.14 bits per heavy atom. The summed E-state index contributed by atoms with van der Waals surface area (Å²) in [5.74, 6) is 1.98. The van der Waals surface area contributed by atoms with Crippen molar-refractivity contribution in [2.45, 2.75) is 12.8 Å². The van der Waals surface area contributed by atoms with Crippen molar-refractivity contribution in [1.29, 1.82) is 5.26 Å². The van der Waals surface area contributed by atoms with Crippen LogP contribution in [0.15, 0.2) is 30.6 Å². The number of aryl methyl sites for hydroxylation is 1. The zero-order chi connectivity index (χ0) is 15.8. The Hall–Kier alpha value is -2.81. The van der Waals surface area contributed by atoms with Crippen molar-refractivity contribution in [3.63, 3.8) is 0 Å². The quantitative estimate of drug-likeness (QED) is 0.791. The minimum Gasteiger partial charge on any atom is -0.493 e. The van der Waals surface area contributed by atoms with Gasteiger partial charge in [0.15, 0.2) is 23.0 Å². The molecule has 0 radical (unpaired) electrons.